The molecule has 0 saturated carbocycles. The molecule has 2 aromatic rings. The molecule has 0 bridgehead atoms. The molecule has 20 heavy (non-hydrogen) atoms. The van der Waals surface area contributed by atoms with Gasteiger partial charge in [0, 0.05) is 11.1 Å². The van der Waals surface area contributed by atoms with Crippen molar-refractivity contribution in [1.29, 1.82) is 5.26 Å². The van der Waals surface area contributed by atoms with E-state index in [0.29, 0.717) is 11.1 Å². The van der Waals surface area contributed by atoms with E-state index in [4.69, 9.17) is 0 Å². The van der Waals surface area contributed by atoms with Crippen LogP contribution in [0.2, 0.25) is 0 Å². The smallest absolute Gasteiger partial charge is 0.193 e. The van der Waals surface area contributed by atoms with Crippen LogP contribution in [0.15, 0.2) is 54.6 Å². The number of nitrogens with zero attached hydrogens (tertiary/aromatic N) is 1. The first-order chi connectivity index (χ1) is 9.60. The molecule has 1 unspecified atom stereocenters. The van der Waals surface area contributed by atoms with E-state index in [-0.39, 0.29) is 5.78 Å². The summed E-state index contributed by atoms with van der Waals surface area (Å²) >= 11 is 1.47. The van der Waals surface area contributed by atoms with Gasteiger partial charge < -0.3 is 0 Å². The number of rotatable bonds is 4. The normalized spacial score (nSPS) is 13.2. The van der Waals surface area contributed by atoms with E-state index < -0.39 is 4.75 Å². The summed E-state index contributed by atoms with van der Waals surface area (Å²) in [6.45, 7) is 1.86. The van der Waals surface area contributed by atoms with Crippen molar-refractivity contribution in [1.82, 2.24) is 0 Å². The van der Waals surface area contributed by atoms with Gasteiger partial charge in [0.25, 0.3) is 0 Å². The fourth-order valence-electron chi connectivity index (χ4n) is 1.94. The molecule has 1 atom stereocenters. The highest BCUT2D eigenvalue weighted by atomic mass is 32.2. The molecule has 0 spiro atoms. The molecule has 0 aliphatic heterocycles. The van der Waals surface area contributed by atoms with Gasteiger partial charge in [0.15, 0.2) is 5.78 Å². The van der Waals surface area contributed by atoms with E-state index in [1.54, 1.807) is 18.2 Å². The van der Waals surface area contributed by atoms with Gasteiger partial charge in [0.05, 0.1) is 6.07 Å². The zero-order valence-electron chi connectivity index (χ0n) is 11.5. The Labute approximate surface area is 123 Å². The van der Waals surface area contributed by atoms with Gasteiger partial charge in [-0.3, -0.25) is 4.79 Å². The van der Waals surface area contributed by atoms with Crippen molar-refractivity contribution in [2.45, 2.75) is 11.7 Å². The summed E-state index contributed by atoms with van der Waals surface area (Å²) in [6.07, 6.45) is 1.90. The minimum Gasteiger partial charge on any atom is -0.289 e. The van der Waals surface area contributed by atoms with Gasteiger partial charge in [-0.05, 0) is 24.8 Å². The maximum absolute atomic E-state index is 12.4. The molecule has 0 saturated heterocycles. The fraction of sp³-hybridized carbons (Fsp3) is 0.176. The van der Waals surface area contributed by atoms with Crippen molar-refractivity contribution >= 4 is 17.5 Å². The molecule has 0 aromatic heterocycles. The Bertz CT molecular complexity index is 660. The molecular weight excluding hydrogens is 266 g/mol. The lowest BCUT2D eigenvalue weighted by atomic mass is 9.96. The second-order valence-electron chi connectivity index (χ2n) is 4.63. The molecule has 100 valence electrons. The Morgan fingerprint density at radius 2 is 1.75 bits per heavy atom. The average Bonchev–Trinajstić information content (AvgIpc) is 2.54. The number of thioether (sulfide) groups is 1. The van der Waals surface area contributed by atoms with Gasteiger partial charge >= 0.3 is 0 Å². The van der Waals surface area contributed by atoms with Gasteiger partial charge in [-0.25, -0.2) is 0 Å². The topological polar surface area (TPSA) is 40.9 Å². The highest BCUT2D eigenvalue weighted by Crippen LogP contribution is 2.34. The maximum Gasteiger partial charge on any atom is 0.193 e. The summed E-state index contributed by atoms with van der Waals surface area (Å²) in [6, 6.07) is 18.8. The van der Waals surface area contributed by atoms with Crippen LogP contribution >= 0.6 is 11.8 Å². The number of benzene rings is 2. The van der Waals surface area contributed by atoms with Crippen LogP contribution in [0.5, 0.6) is 0 Å². The average molecular weight is 281 g/mol. The van der Waals surface area contributed by atoms with E-state index in [0.717, 1.165) is 5.56 Å². The van der Waals surface area contributed by atoms with Gasteiger partial charge in [-0.1, -0.05) is 48.5 Å². The van der Waals surface area contributed by atoms with E-state index >= 15 is 0 Å². The van der Waals surface area contributed by atoms with Crippen molar-refractivity contribution in [3.63, 3.8) is 0 Å². The summed E-state index contributed by atoms with van der Waals surface area (Å²) < 4.78 is -0.632. The van der Waals surface area contributed by atoms with E-state index in [9.17, 15) is 10.1 Å². The first-order valence-corrected chi connectivity index (χ1v) is 7.50. The number of carbonyl (C=O) groups is 1. The van der Waals surface area contributed by atoms with Crippen molar-refractivity contribution in [2.75, 3.05) is 6.26 Å². The SMILES string of the molecule is CSC(C)(C#N)c1cccc(C(=O)c2ccccc2)c1. The second kappa shape index (κ2) is 5.94. The van der Waals surface area contributed by atoms with Crippen LogP contribution < -0.4 is 0 Å². The fourth-order valence-corrected chi connectivity index (χ4v) is 2.40. The highest BCUT2D eigenvalue weighted by Gasteiger charge is 2.25. The lowest BCUT2D eigenvalue weighted by Crippen LogP contribution is -2.15. The number of carbonyl (C=O) groups excluding carboxylic acids is 1. The van der Waals surface area contributed by atoms with E-state index in [2.05, 4.69) is 6.07 Å². The lowest BCUT2D eigenvalue weighted by Gasteiger charge is -2.19. The van der Waals surface area contributed by atoms with Crippen LogP contribution in [-0.4, -0.2) is 12.0 Å². The summed E-state index contributed by atoms with van der Waals surface area (Å²) in [5.41, 5.74) is 2.13. The maximum atomic E-state index is 12.4. The molecule has 0 aliphatic rings. The molecule has 2 rings (SSSR count). The van der Waals surface area contributed by atoms with Crippen molar-refractivity contribution in [3.8, 4) is 6.07 Å². The Hall–Kier alpha value is -2.05. The summed E-state index contributed by atoms with van der Waals surface area (Å²) in [5, 5.41) is 9.33. The number of nitriles is 1. The molecular formula is C17H15NOS. The summed E-state index contributed by atoms with van der Waals surface area (Å²) in [7, 11) is 0. The number of hydrogen-bond donors (Lipinski definition) is 0. The van der Waals surface area contributed by atoms with Crippen LogP contribution in [0, 0.1) is 11.3 Å². The molecule has 0 fully saturated rings. The minimum atomic E-state index is -0.632. The first kappa shape index (κ1) is 14.4. The molecule has 0 N–H and O–H groups in total. The predicted molar refractivity (Wildman–Crippen MR) is 82.8 cm³/mol. The summed E-state index contributed by atoms with van der Waals surface area (Å²) in [5.74, 6) is -0.0196. The van der Waals surface area contributed by atoms with Crippen molar-refractivity contribution < 1.29 is 4.79 Å². The molecule has 0 aliphatic carbocycles. The van der Waals surface area contributed by atoms with Crippen LogP contribution in [-0.2, 0) is 4.75 Å². The molecule has 0 amide bonds. The third kappa shape index (κ3) is 2.76. The molecule has 0 radical (unpaired) electrons. The Balaban J connectivity index is 2.41. The van der Waals surface area contributed by atoms with E-state index in [1.807, 2.05) is 49.6 Å². The van der Waals surface area contributed by atoms with Crippen LogP contribution in [0.1, 0.15) is 28.4 Å². The molecule has 3 heteroatoms. The van der Waals surface area contributed by atoms with E-state index in [1.165, 1.54) is 11.8 Å². The Kier molecular flexibility index (Phi) is 4.26. The van der Waals surface area contributed by atoms with Gasteiger partial charge in [-0.2, -0.15) is 5.26 Å². The lowest BCUT2D eigenvalue weighted by molar-refractivity contribution is 0.103. The zero-order valence-corrected chi connectivity index (χ0v) is 12.3. The number of hydrogen-bond acceptors (Lipinski definition) is 3. The minimum absolute atomic E-state index is 0.0196. The van der Waals surface area contributed by atoms with Crippen molar-refractivity contribution in [2.24, 2.45) is 0 Å². The largest absolute Gasteiger partial charge is 0.289 e. The van der Waals surface area contributed by atoms with Gasteiger partial charge in [0.2, 0.25) is 0 Å². The Morgan fingerprint density at radius 3 is 2.35 bits per heavy atom. The van der Waals surface area contributed by atoms with Gasteiger partial charge in [-0.15, -0.1) is 11.8 Å². The molecule has 2 nitrogen and oxygen atoms in total. The number of ketones is 1. The quantitative estimate of drug-likeness (QED) is 0.795. The molecule has 0 heterocycles. The van der Waals surface area contributed by atoms with Crippen molar-refractivity contribution in [3.05, 3.63) is 71.3 Å². The monoisotopic (exact) mass is 281 g/mol. The first-order valence-electron chi connectivity index (χ1n) is 6.27. The van der Waals surface area contributed by atoms with Crippen LogP contribution in [0.25, 0.3) is 0 Å². The van der Waals surface area contributed by atoms with Crippen LogP contribution in [0.3, 0.4) is 0 Å². The molecule has 2 aromatic carbocycles. The second-order valence-corrected chi connectivity index (χ2v) is 5.85. The summed E-state index contributed by atoms with van der Waals surface area (Å²) in [4.78, 5) is 12.4. The zero-order chi connectivity index (χ0) is 14.6. The Morgan fingerprint density at radius 1 is 1.10 bits per heavy atom. The standard InChI is InChI=1S/C17H15NOS/c1-17(12-18,20-2)15-10-6-9-14(11-15)16(19)13-7-4-3-5-8-13/h3-11H,1-2H3. The van der Waals surface area contributed by atoms with Crippen LogP contribution in [0.4, 0.5) is 0 Å². The van der Waals surface area contributed by atoms with Gasteiger partial charge in [0.1, 0.15) is 4.75 Å². The highest BCUT2D eigenvalue weighted by molar-refractivity contribution is 7.99. The third-order valence-corrected chi connectivity index (χ3v) is 4.48. The third-order valence-electron chi connectivity index (χ3n) is 3.33. The predicted octanol–water partition coefficient (Wildman–Crippen LogP) is 4.02.